The number of aryl methyl sites for hydroxylation is 1. The molecule has 1 atom stereocenters. The number of rotatable bonds is 6. The van der Waals surface area contributed by atoms with Crippen LogP contribution in [0.25, 0.3) is 0 Å². The van der Waals surface area contributed by atoms with Crippen molar-refractivity contribution in [1.82, 2.24) is 9.78 Å². The van der Waals surface area contributed by atoms with Crippen LogP contribution in [0.5, 0.6) is 0 Å². The van der Waals surface area contributed by atoms with Crippen molar-refractivity contribution < 1.29 is 19.5 Å². The highest BCUT2D eigenvalue weighted by Gasteiger charge is 2.23. The smallest absolute Gasteiger partial charge is 0.359 e. The van der Waals surface area contributed by atoms with Crippen molar-refractivity contribution in [3.63, 3.8) is 0 Å². The highest BCUT2D eigenvalue weighted by Crippen LogP contribution is 2.19. The summed E-state index contributed by atoms with van der Waals surface area (Å²) in [5.74, 6) is -1.00. The number of nitrogens with two attached hydrogens (primary N) is 1. The van der Waals surface area contributed by atoms with Crippen molar-refractivity contribution in [3.8, 4) is 0 Å². The number of hydrogen-bond donors (Lipinski definition) is 1. The Morgan fingerprint density at radius 1 is 1.27 bits per heavy atom. The zero-order valence-corrected chi connectivity index (χ0v) is 13.7. The number of nitrogens with zero attached hydrogens (tertiary/aromatic N) is 5. The van der Waals surface area contributed by atoms with Gasteiger partial charge in [-0.25, -0.2) is 4.79 Å². The standard InChI is InChI=1S/C14H14N6O6/c1-8-12(20(24)25)7-18(16-8)9(2)14(21)26-17-13(15)10-3-5-11(6-4-10)19(22)23/h3-7,9H,1-2H3,(H2,15,17). The summed E-state index contributed by atoms with van der Waals surface area (Å²) in [5.41, 5.74) is 5.80. The summed E-state index contributed by atoms with van der Waals surface area (Å²) >= 11 is 0. The summed E-state index contributed by atoms with van der Waals surface area (Å²) in [6.45, 7) is 2.87. The van der Waals surface area contributed by atoms with Crippen LogP contribution in [0.3, 0.4) is 0 Å². The second kappa shape index (κ2) is 7.38. The molecule has 1 unspecified atom stereocenters. The lowest BCUT2D eigenvalue weighted by atomic mass is 10.2. The van der Waals surface area contributed by atoms with Gasteiger partial charge in [-0.2, -0.15) is 5.10 Å². The van der Waals surface area contributed by atoms with Crippen LogP contribution in [0.15, 0.2) is 35.6 Å². The van der Waals surface area contributed by atoms with Crippen LogP contribution in [0.1, 0.15) is 24.2 Å². The predicted octanol–water partition coefficient (Wildman–Crippen LogP) is 1.43. The number of aromatic nitrogens is 2. The normalized spacial score (nSPS) is 12.5. The van der Waals surface area contributed by atoms with Gasteiger partial charge in [0.25, 0.3) is 5.69 Å². The van der Waals surface area contributed by atoms with Gasteiger partial charge in [-0.15, -0.1) is 0 Å². The molecule has 2 N–H and O–H groups in total. The molecule has 1 aromatic heterocycles. The third kappa shape index (κ3) is 3.98. The quantitative estimate of drug-likeness (QED) is 0.264. The van der Waals surface area contributed by atoms with Gasteiger partial charge in [0.1, 0.15) is 17.9 Å². The number of carbonyl (C=O) groups is 1. The van der Waals surface area contributed by atoms with Gasteiger partial charge in [-0.3, -0.25) is 24.9 Å². The summed E-state index contributed by atoms with van der Waals surface area (Å²) in [5, 5.41) is 28.8. The number of hydrogen-bond acceptors (Lipinski definition) is 8. The summed E-state index contributed by atoms with van der Waals surface area (Å²) in [6, 6.07) is 4.20. The van der Waals surface area contributed by atoms with Gasteiger partial charge < -0.3 is 10.6 Å². The van der Waals surface area contributed by atoms with E-state index in [4.69, 9.17) is 10.6 Å². The van der Waals surface area contributed by atoms with E-state index in [2.05, 4.69) is 10.3 Å². The molecule has 2 aromatic rings. The predicted molar refractivity (Wildman–Crippen MR) is 88.2 cm³/mol. The molecule has 0 aliphatic carbocycles. The van der Waals surface area contributed by atoms with Gasteiger partial charge in [0.2, 0.25) is 0 Å². The van der Waals surface area contributed by atoms with Crippen LogP contribution < -0.4 is 5.73 Å². The first-order chi connectivity index (χ1) is 12.2. The van der Waals surface area contributed by atoms with Crippen molar-refractivity contribution in [2.75, 3.05) is 0 Å². The molecular weight excluding hydrogens is 348 g/mol. The van der Waals surface area contributed by atoms with Crippen molar-refractivity contribution in [2.45, 2.75) is 19.9 Å². The Morgan fingerprint density at radius 3 is 2.38 bits per heavy atom. The molecule has 2 rings (SSSR count). The van der Waals surface area contributed by atoms with E-state index in [0.29, 0.717) is 5.56 Å². The first-order valence-corrected chi connectivity index (χ1v) is 7.20. The Bertz CT molecular complexity index is 888. The third-order valence-electron chi connectivity index (χ3n) is 3.43. The first-order valence-electron chi connectivity index (χ1n) is 7.20. The van der Waals surface area contributed by atoms with E-state index in [9.17, 15) is 25.0 Å². The Morgan fingerprint density at radius 2 is 1.88 bits per heavy atom. The van der Waals surface area contributed by atoms with Crippen LogP contribution >= 0.6 is 0 Å². The van der Waals surface area contributed by atoms with E-state index in [0.717, 1.165) is 10.9 Å². The Hall–Kier alpha value is -3.83. The van der Waals surface area contributed by atoms with Crippen molar-refractivity contribution >= 4 is 23.2 Å². The molecule has 0 amide bonds. The fraction of sp³-hybridized carbons (Fsp3) is 0.214. The lowest BCUT2D eigenvalue weighted by molar-refractivity contribution is -0.385. The average molecular weight is 362 g/mol. The zero-order chi connectivity index (χ0) is 19.4. The molecule has 12 nitrogen and oxygen atoms in total. The number of nitro groups is 2. The molecule has 136 valence electrons. The highest BCUT2D eigenvalue weighted by atomic mass is 16.7. The van der Waals surface area contributed by atoms with Gasteiger partial charge >= 0.3 is 11.7 Å². The van der Waals surface area contributed by atoms with Gasteiger partial charge in [0.05, 0.1) is 9.85 Å². The van der Waals surface area contributed by atoms with E-state index in [1.165, 1.54) is 38.1 Å². The molecule has 12 heteroatoms. The van der Waals surface area contributed by atoms with Crippen molar-refractivity contribution in [1.29, 1.82) is 0 Å². The van der Waals surface area contributed by atoms with Crippen LogP contribution in [-0.4, -0.2) is 31.4 Å². The minimum Gasteiger partial charge on any atom is -0.380 e. The second-order valence-electron chi connectivity index (χ2n) is 5.20. The third-order valence-corrected chi connectivity index (χ3v) is 3.43. The molecule has 26 heavy (non-hydrogen) atoms. The van der Waals surface area contributed by atoms with E-state index >= 15 is 0 Å². The van der Waals surface area contributed by atoms with Crippen LogP contribution in [0, 0.1) is 27.2 Å². The molecule has 0 bridgehead atoms. The minimum atomic E-state index is -0.976. The fourth-order valence-electron chi connectivity index (χ4n) is 1.93. The topological polar surface area (TPSA) is 169 Å². The lowest BCUT2D eigenvalue weighted by Gasteiger charge is -2.08. The number of non-ortho nitro benzene ring substituents is 1. The molecule has 0 saturated carbocycles. The van der Waals surface area contributed by atoms with E-state index < -0.39 is 21.9 Å². The zero-order valence-electron chi connectivity index (χ0n) is 13.7. The number of benzene rings is 1. The first kappa shape index (κ1) is 18.5. The second-order valence-corrected chi connectivity index (χ2v) is 5.20. The van der Waals surface area contributed by atoms with E-state index in [-0.39, 0.29) is 22.9 Å². The van der Waals surface area contributed by atoms with E-state index in [1.54, 1.807) is 0 Å². The fourth-order valence-corrected chi connectivity index (χ4v) is 1.93. The number of oxime groups is 1. The van der Waals surface area contributed by atoms with Gasteiger partial charge in [-0.1, -0.05) is 5.16 Å². The van der Waals surface area contributed by atoms with Crippen molar-refractivity contribution in [2.24, 2.45) is 10.9 Å². The molecule has 0 radical (unpaired) electrons. The van der Waals surface area contributed by atoms with Crippen LogP contribution in [0.4, 0.5) is 11.4 Å². The maximum Gasteiger partial charge on any atom is 0.359 e. The Kier molecular flexibility index (Phi) is 5.25. The number of carbonyl (C=O) groups excluding carboxylic acids is 1. The molecule has 0 saturated heterocycles. The maximum absolute atomic E-state index is 12.0. The largest absolute Gasteiger partial charge is 0.380 e. The molecule has 0 fully saturated rings. The molecule has 1 heterocycles. The van der Waals surface area contributed by atoms with Gasteiger partial charge in [-0.05, 0) is 26.0 Å². The SMILES string of the molecule is Cc1nn(C(C)C(=O)O/N=C(\N)c2ccc([N+](=O)[O-])cc2)cc1[N+](=O)[O-]. The molecule has 0 aliphatic rings. The highest BCUT2D eigenvalue weighted by molar-refractivity contribution is 5.97. The summed E-state index contributed by atoms with van der Waals surface area (Å²) in [6.07, 6.45) is 1.12. The summed E-state index contributed by atoms with van der Waals surface area (Å²) < 4.78 is 1.09. The lowest BCUT2D eigenvalue weighted by Crippen LogP contribution is -2.20. The summed E-state index contributed by atoms with van der Waals surface area (Å²) in [7, 11) is 0. The van der Waals surface area contributed by atoms with Crippen LogP contribution in [-0.2, 0) is 9.63 Å². The Labute approximate surface area is 146 Å². The van der Waals surface area contributed by atoms with Gasteiger partial charge in [0, 0.05) is 17.7 Å². The number of nitro benzene ring substituents is 1. The minimum absolute atomic E-state index is 0.122. The Balaban J connectivity index is 2.08. The number of amidine groups is 1. The molecule has 0 spiro atoms. The maximum atomic E-state index is 12.0. The van der Waals surface area contributed by atoms with E-state index in [1.807, 2.05) is 0 Å². The molecule has 1 aromatic carbocycles. The van der Waals surface area contributed by atoms with Crippen LogP contribution in [0.2, 0.25) is 0 Å². The molecular formula is C14H14N6O6. The summed E-state index contributed by atoms with van der Waals surface area (Å²) in [4.78, 5) is 37.0. The average Bonchev–Trinajstić information content (AvgIpc) is 3.00. The molecule has 0 aliphatic heterocycles. The monoisotopic (exact) mass is 362 g/mol. The van der Waals surface area contributed by atoms with Crippen molar-refractivity contribution in [3.05, 3.63) is 61.9 Å². The van der Waals surface area contributed by atoms with Gasteiger partial charge in [0.15, 0.2) is 5.84 Å².